The first kappa shape index (κ1) is 15.6. The minimum absolute atomic E-state index is 0.786. The Bertz CT molecular complexity index is 744. The Kier molecular flexibility index (Phi) is 5.03. The number of hydrogen-bond acceptors (Lipinski definition) is 1. The predicted molar refractivity (Wildman–Crippen MR) is 91.1 cm³/mol. The second-order valence-corrected chi connectivity index (χ2v) is 5.34. The fraction of sp³-hybridized carbons (Fsp3) is 0.278. The monoisotopic (exact) mass is 300 g/mol. The highest BCUT2D eigenvalue weighted by Crippen LogP contribution is 2.25. The fourth-order valence-corrected chi connectivity index (χ4v) is 2.61. The summed E-state index contributed by atoms with van der Waals surface area (Å²) in [5, 5.41) is 2.01. The third-order valence-electron chi connectivity index (χ3n) is 3.52. The molecular weight excluding hydrogens is 280 g/mol. The van der Waals surface area contributed by atoms with Crippen molar-refractivity contribution in [3.8, 4) is 0 Å². The molecule has 0 spiro atoms. The molecule has 110 valence electrons. The molecule has 0 fully saturated rings. The van der Waals surface area contributed by atoms with Gasteiger partial charge in [0.25, 0.3) is 0 Å². The lowest BCUT2D eigenvalue weighted by Gasteiger charge is -2.08. The minimum atomic E-state index is 0.786. The van der Waals surface area contributed by atoms with Crippen LogP contribution in [0.5, 0.6) is 0 Å². The maximum Gasteiger partial charge on any atom is 0.0487 e. The number of hydrogen-bond donors (Lipinski definition) is 0. The number of halogens is 1. The molecular formula is C18H21ClN2. The van der Waals surface area contributed by atoms with E-state index in [1.165, 1.54) is 27.6 Å². The van der Waals surface area contributed by atoms with Crippen LogP contribution in [0.2, 0.25) is 5.02 Å². The van der Waals surface area contributed by atoms with Crippen molar-refractivity contribution in [1.82, 2.24) is 9.55 Å². The Morgan fingerprint density at radius 1 is 1.10 bits per heavy atom. The summed E-state index contributed by atoms with van der Waals surface area (Å²) in [6.07, 6.45) is 5.93. The zero-order valence-corrected chi connectivity index (χ0v) is 13.8. The topological polar surface area (TPSA) is 17.8 Å². The van der Waals surface area contributed by atoms with Gasteiger partial charge in [-0.25, -0.2) is 0 Å². The molecule has 21 heavy (non-hydrogen) atoms. The van der Waals surface area contributed by atoms with Gasteiger partial charge in [-0.2, -0.15) is 0 Å². The van der Waals surface area contributed by atoms with E-state index in [-0.39, 0.29) is 0 Å². The first-order valence-corrected chi connectivity index (χ1v) is 7.67. The summed E-state index contributed by atoms with van der Waals surface area (Å²) in [5.74, 6) is 0. The van der Waals surface area contributed by atoms with Gasteiger partial charge in [-0.15, -0.1) is 0 Å². The summed E-state index contributed by atoms with van der Waals surface area (Å²) in [4.78, 5) is 4.14. The zero-order chi connectivity index (χ0) is 15.4. The number of aromatic nitrogens is 2. The lowest BCUT2D eigenvalue weighted by molar-refractivity contribution is 0.825. The second kappa shape index (κ2) is 6.77. The molecule has 0 radical (unpaired) electrons. The summed E-state index contributed by atoms with van der Waals surface area (Å²) in [5.41, 5.74) is 4.99. The Labute approximate surface area is 131 Å². The van der Waals surface area contributed by atoms with Gasteiger partial charge in [-0.3, -0.25) is 4.98 Å². The first-order valence-electron chi connectivity index (χ1n) is 7.29. The molecule has 0 saturated heterocycles. The van der Waals surface area contributed by atoms with Gasteiger partial charge in [0.05, 0.1) is 0 Å². The zero-order valence-electron chi connectivity index (χ0n) is 13.0. The second-order valence-electron chi connectivity index (χ2n) is 4.90. The van der Waals surface area contributed by atoms with Crippen molar-refractivity contribution in [3.63, 3.8) is 0 Å². The van der Waals surface area contributed by atoms with Crippen LogP contribution in [-0.4, -0.2) is 9.55 Å². The van der Waals surface area contributed by atoms with E-state index in [2.05, 4.69) is 41.7 Å². The quantitative estimate of drug-likeness (QED) is 0.621. The van der Waals surface area contributed by atoms with Crippen LogP contribution in [0.1, 0.15) is 30.5 Å². The van der Waals surface area contributed by atoms with Crippen molar-refractivity contribution >= 4 is 22.5 Å². The van der Waals surface area contributed by atoms with Crippen molar-refractivity contribution < 1.29 is 0 Å². The molecule has 1 aromatic carbocycles. The molecule has 2 aromatic heterocycles. The largest absolute Gasteiger partial charge is 0.343 e. The van der Waals surface area contributed by atoms with Crippen LogP contribution in [0, 0.1) is 13.8 Å². The SMILES string of the molecule is CC.Cc1cnccc1Cn1cc(C)c2cc(Cl)ccc21. The maximum atomic E-state index is 6.07. The predicted octanol–water partition coefficient (Wildman–Crippen LogP) is 5.38. The number of benzene rings is 1. The third-order valence-corrected chi connectivity index (χ3v) is 3.75. The van der Waals surface area contributed by atoms with Crippen molar-refractivity contribution in [3.05, 3.63) is 64.6 Å². The molecule has 2 nitrogen and oxygen atoms in total. The first-order chi connectivity index (χ1) is 10.1. The van der Waals surface area contributed by atoms with Gasteiger partial charge >= 0.3 is 0 Å². The average molecular weight is 301 g/mol. The molecule has 0 aliphatic heterocycles. The van der Waals surface area contributed by atoms with Crippen LogP contribution in [0.3, 0.4) is 0 Å². The molecule has 0 saturated carbocycles. The Morgan fingerprint density at radius 2 is 1.86 bits per heavy atom. The van der Waals surface area contributed by atoms with Crippen LogP contribution in [0.4, 0.5) is 0 Å². The van der Waals surface area contributed by atoms with Crippen molar-refractivity contribution in [2.75, 3.05) is 0 Å². The highest BCUT2D eigenvalue weighted by molar-refractivity contribution is 6.31. The van der Waals surface area contributed by atoms with E-state index in [9.17, 15) is 0 Å². The van der Waals surface area contributed by atoms with Gasteiger partial charge in [0.15, 0.2) is 0 Å². The van der Waals surface area contributed by atoms with Crippen LogP contribution in [0.15, 0.2) is 42.9 Å². The third kappa shape index (κ3) is 3.27. The molecule has 3 rings (SSSR count). The van der Waals surface area contributed by atoms with E-state index < -0.39 is 0 Å². The van der Waals surface area contributed by atoms with Crippen molar-refractivity contribution in [2.24, 2.45) is 0 Å². The number of nitrogens with zero attached hydrogens (tertiary/aromatic N) is 2. The van der Waals surface area contributed by atoms with E-state index in [4.69, 9.17) is 11.6 Å². The molecule has 0 bridgehead atoms. The van der Waals surface area contributed by atoms with Gasteiger partial charge < -0.3 is 4.57 Å². The van der Waals surface area contributed by atoms with Gasteiger partial charge in [-0.1, -0.05) is 25.4 Å². The van der Waals surface area contributed by atoms with Gasteiger partial charge in [0.2, 0.25) is 0 Å². The highest BCUT2D eigenvalue weighted by Gasteiger charge is 2.07. The van der Waals surface area contributed by atoms with Crippen LogP contribution >= 0.6 is 11.6 Å². The summed E-state index contributed by atoms with van der Waals surface area (Å²) >= 11 is 6.07. The molecule has 0 atom stereocenters. The Morgan fingerprint density at radius 3 is 2.57 bits per heavy atom. The summed E-state index contributed by atoms with van der Waals surface area (Å²) in [7, 11) is 0. The lowest BCUT2D eigenvalue weighted by atomic mass is 10.1. The highest BCUT2D eigenvalue weighted by atomic mass is 35.5. The van der Waals surface area contributed by atoms with Crippen molar-refractivity contribution in [2.45, 2.75) is 34.2 Å². The van der Waals surface area contributed by atoms with E-state index in [1.807, 2.05) is 38.4 Å². The molecule has 3 aromatic rings. The molecule has 0 aliphatic rings. The smallest absolute Gasteiger partial charge is 0.0487 e. The summed E-state index contributed by atoms with van der Waals surface area (Å²) in [6, 6.07) is 8.13. The number of rotatable bonds is 2. The number of fused-ring (bicyclic) bond motifs is 1. The molecule has 2 heterocycles. The lowest BCUT2D eigenvalue weighted by Crippen LogP contribution is -2.00. The maximum absolute atomic E-state index is 6.07. The van der Waals surface area contributed by atoms with E-state index in [0.29, 0.717) is 0 Å². The average Bonchev–Trinajstić information content (AvgIpc) is 2.80. The van der Waals surface area contributed by atoms with Crippen LogP contribution in [-0.2, 0) is 6.54 Å². The molecule has 0 amide bonds. The molecule has 0 N–H and O–H groups in total. The van der Waals surface area contributed by atoms with Crippen molar-refractivity contribution in [1.29, 1.82) is 0 Å². The van der Waals surface area contributed by atoms with Crippen LogP contribution in [0.25, 0.3) is 10.9 Å². The molecule has 3 heteroatoms. The fourth-order valence-electron chi connectivity index (χ4n) is 2.44. The van der Waals surface area contributed by atoms with E-state index >= 15 is 0 Å². The van der Waals surface area contributed by atoms with Gasteiger partial charge in [0.1, 0.15) is 0 Å². The van der Waals surface area contributed by atoms with Gasteiger partial charge in [0, 0.05) is 41.1 Å². The van der Waals surface area contributed by atoms with E-state index in [0.717, 1.165) is 11.6 Å². The minimum Gasteiger partial charge on any atom is -0.343 e. The molecule has 0 aliphatic carbocycles. The molecule has 0 unspecified atom stereocenters. The number of pyridine rings is 1. The normalized spacial score (nSPS) is 10.3. The Hall–Kier alpha value is -1.80. The van der Waals surface area contributed by atoms with E-state index in [1.54, 1.807) is 0 Å². The summed E-state index contributed by atoms with van der Waals surface area (Å²) in [6.45, 7) is 9.08. The number of aryl methyl sites for hydroxylation is 2. The van der Waals surface area contributed by atoms with Gasteiger partial charge in [-0.05, 0) is 54.8 Å². The summed E-state index contributed by atoms with van der Waals surface area (Å²) < 4.78 is 2.27. The Balaban J connectivity index is 0.000000774. The standard InChI is InChI=1S/C16H15ClN2.C2H6/c1-11-8-18-6-5-13(11)10-19-9-12(2)15-7-14(17)3-4-16(15)19;1-2/h3-9H,10H2,1-2H3;1-2H3. The van der Waals surface area contributed by atoms with Crippen LogP contribution < -0.4 is 0 Å².